The van der Waals surface area contributed by atoms with Gasteiger partial charge in [0.05, 0.1) is 18.5 Å². The number of methoxy groups -OCH3 is 1. The van der Waals surface area contributed by atoms with Crippen molar-refractivity contribution in [2.75, 3.05) is 30.5 Å². The summed E-state index contributed by atoms with van der Waals surface area (Å²) in [5, 5.41) is 3.27. The van der Waals surface area contributed by atoms with Crippen LogP contribution in [0.2, 0.25) is 0 Å². The zero-order valence-electron chi connectivity index (χ0n) is 15.6. The number of ether oxygens (including phenoxy) is 1. The number of nitrogens with zero attached hydrogens (tertiary/aromatic N) is 2. The monoisotopic (exact) mass is 413 g/mol. The van der Waals surface area contributed by atoms with Gasteiger partial charge in [0.25, 0.3) is 0 Å². The molecule has 0 amide bonds. The first-order chi connectivity index (χ1) is 13.7. The van der Waals surface area contributed by atoms with Crippen molar-refractivity contribution >= 4 is 35.6 Å². The predicted octanol–water partition coefficient (Wildman–Crippen LogP) is 4.06. The zero-order chi connectivity index (χ0) is 19.8. The van der Waals surface area contributed by atoms with Crippen LogP contribution in [-0.2, 0) is 12.2 Å². The molecule has 0 atom stereocenters. The fourth-order valence-corrected chi connectivity index (χ4v) is 3.63. The molecule has 3 aromatic rings. The molecule has 3 rings (SSSR count). The lowest BCUT2D eigenvalue weighted by atomic mass is 10.1. The van der Waals surface area contributed by atoms with Gasteiger partial charge in [0.1, 0.15) is 10.4 Å². The summed E-state index contributed by atoms with van der Waals surface area (Å²) in [6.45, 7) is 0.771. The number of pyridine rings is 1. The molecule has 0 unspecified atom stereocenters. The molecule has 1 aromatic carbocycles. The standard InChI is InChI=1S/C20H23N5OS2/c1-26-16-6-4-14(5-7-16)11-15-12-24-20(25-19(15)27)23-9-10-28-13-18-17(21)3-2-8-22-18/h2-8,12H,9-11,13,21H2,1H3,(H2,23,24,25,27). The number of nitrogens with one attached hydrogen (secondary N) is 2. The van der Waals surface area contributed by atoms with Gasteiger partial charge in [0.15, 0.2) is 0 Å². The van der Waals surface area contributed by atoms with E-state index in [-0.39, 0.29) is 0 Å². The quantitative estimate of drug-likeness (QED) is 0.360. The van der Waals surface area contributed by atoms with Gasteiger partial charge < -0.3 is 20.8 Å². The van der Waals surface area contributed by atoms with E-state index in [9.17, 15) is 0 Å². The molecule has 0 bridgehead atoms. The summed E-state index contributed by atoms with van der Waals surface area (Å²) in [6, 6.07) is 11.7. The van der Waals surface area contributed by atoms with E-state index in [2.05, 4.69) is 20.3 Å². The number of nitrogen functional groups attached to an aromatic ring is 1. The highest BCUT2D eigenvalue weighted by Gasteiger charge is 2.03. The number of hydrogen-bond donors (Lipinski definition) is 3. The summed E-state index contributed by atoms with van der Waals surface area (Å²) in [4.78, 5) is 11.9. The van der Waals surface area contributed by atoms with Gasteiger partial charge in [0, 0.05) is 42.4 Å². The maximum absolute atomic E-state index is 5.90. The van der Waals surface area contributed by atoms with Gasteiger partial charge in [0.2, 0.25) is 5.95 Å². The van der Waals surface area contributed by atoms with Crippen molar-refractivity contribution in [2.24, 2.45) is 0 Å². The van der Waals surface area contributed by atoms with Crippen molar-refractivity contribution in [3.63, 3.8) is 0 Å². The molecule has 0 saturated carbocycles. The molecule has 2 aromatic heterocycles. The Kier molecular flexibility index (Phi) is 7.27. The Hall–Kier alpha value is -2.58. The minimum absolute atomic E-state index is 0.682. The van der Waals surface area contributed by atoms with Gasteiger partial charge in [-0.3, -0.25) is 4.98 Å². The number of benzene rings is 1. The van der Waals surface area contributed by atoms with Crippen LogP contribution in [0.25, 0.3) is 0 Å². The molecule has 8 heteroatoms. The predicted molar refractivity (Wildman–Crippen MR) is 119 cm³/mol. The lowest BCUT2D eigenvalue weighted by Gasteiger charge is -2.08. The zero-order valence-corrected chi connectivity index (χ0v) is 17.3. The van der Waals surface area contributed by atoms with Crippen molar-refractivity contribution in [3.8, 4) is 5.75 Å². The second kappa shape index (κ2) is 10.1. The number of H-pyrrole nitrogens is 1. The Morgan fingerprint density at radius 1 is 1.21 bits per heavy atom. The third-order valence-corrected chi connectivity index (χ3v) is 5.46. The maximum atomic E-state index is 5.90. The van der Waals surface area contributed by atoms with Crippen LogP contribution < -0.4 is 15.8 Å². The molecule has 146 valence electrons. The first-order valence-electron chi connectivity index (χ1n) is 8.88. The Morgan fingerprint density at radius 2 is 2.04 bits per heavy atom. The summed E-state index contributed by atoms with van der Waals surface area (Å²) in [7, 11) is 1.66. The molecule has 0 aliphatic carbocycles. The van der Waals surface area contributed by atoms with Crippen LogP contribution in [0.3, 0.4) is 0 Å². The Labute approximate surface area is 174 Å². The van der Waals surface area contributed by atoms with Crippen LogP contribution in [0.15, 0.2) is 48.8 Å². The van der Waals surface area contributed by atoms with E-state index in [0.717, 1.165) is 52.7 Å². The van der Waals surface area contributed by atoms with E-state index in [1.165, 1.54) is 0 Å². The number of anilines is 2. The van der Waals surface area contributed by atoms with E-state index in [1.807, 2.05) is 42.6 Å². The van der Waals surface area contributed by atoms with Gasteiger partial charge in [-0.15, -0.1) is 0 Å². The highest BCUT2D eigenvalue weighted by molar-refractivity contribution is 7.98. The fraction of sp³-hybridized carbons (Fsp3) is 0.250. The summed E-state index contributed by atoms with van der Waals surface area (Å²) in [6.07, 6.45) is 4.32. The van der Waals surface area contributed by atoms with E-state index >= 15 is 0 Å². The molecule has 4 N–H and O–H groups in total. The molecule has 0 fully saturated rings. The molecule has 0 radical (unpaired) electrons. The van der Waals surface area contributed by atoms with Gasteiger partial charge in [-0.05, 0) is 29.8 Å². The topological polar surface area (TPSA) is 88.8 Å². The molecular weight excluding hydrogens is 390 g/mol. The Bertz CT molecular complexity index is 959. The lowest BCUT2D eigenvalue weighted by molar-refractivity contribution is 0.414. The van der Waals surface area contributed by atoms with Crippen molar-refractivity contribution in [1.29, 1.82) is 0 Å². The van der Waals surface area contributed by atoms with Crippen LogP contribution in [0, 0.1) is 4.64 Å². The smallest absolute Gasteiger partial charge is 0.201 e. The van der Waals surface area contributed by atoms with Crippen molar-refractivity contribution in [1.82, 2.24) is 15.0 Å². The van der Waals surface area contributed by atoms with Crippen LogP contribution >= 0.6 is 24.0 Å². The number of nitrogens with two attached hydrogens (primary N) is 1. The minimum atomic E-state index is 0.682. The largest absolute Gasteiger partial charge is 0.497 e. The molecule has 2 heterocycles. The minimum Gasteiger partial charge on any atom is -0.497 e. The van der Waals surface area contributed by atoms with Gasteiger partial charge >= 0.3 is 0 Å². The second-order valence-electron chi connectivity index (χ2n) is 6.13. The van der Waals surface area contributed by atoms with Crippen LogP contribution in [-0.4, -0.2) is 34.4 Å². The van der Waals surface area contributed by atoms with Crippen LogP contribution in [0.4, 0.5) is 11.6 Å². The number of hydrogen-bond acceptors (Lipinski definition) is 7. The van der Waals surface area contributed by atoms with Gasteiger partial charge in [-0.1, -0.05) is 24.4 Å². The van der Waals surface area contributed by atoms with Crippen LogP contribution in [0.5, 0.6) is 5.75 Å². The van der Waals surface area contributed by atoms with Crippen molar-refractivity contribution in [3.05, 3.63) is 70.3 Å². The van der Waals surface area contributed by atoms with Gasteiger partial charge in [-0.2, -0.15) is 11.8 Å². The molecule has 0 spiro atoms. The second-order valence-corrected chi connectivity index (χ2v) is 7.64. The first-order valence-corrected chi connectivity index (χ1v) is 10.4. The molecule has 6 nitrogen and oxygen atoms in total. The number of aromatic nitrogens is 3. The number of rotatable bonds is 9. The highest BCUT2D eigenvalue weighted by atomic mass is 32.2. The number of thioether (sulfide) groups is 1. The fourth-order valence-electron chi connectivity index (χ4n) is 2.58. The Morgan fingerprint density at radius 3 is 2.75 bits per heavy atom. The molecule has 0 aliphatic rings. The third kappa shape index (κ3) is 5.71. The van der Waals surface area contributed by atoms with E-state index in [4.69, 9.17) is 22.7 Å². The Balaban J connectivity index is 1.47. The molecular formula is C20H23N5OS2. The first kappa shape index (κ1) is 20.2. The summed E-state index contributed by atoms with van der Waals surface area (Å²) < 4.78 is 5.88. The average molecular weight is 414 g/mol. The highest BCUT2D eigenvalue weighted by Crippen LogP contribution is 2.17. The number of aromatic amines is 1. The summed E-state index contributed by atoms with van der Waals surface area (Å²) >= 11 is 7.25. The normalized spacial score (nSPS) is 10.6. The van der Waals surface area contributed by atoms with Crippen LogP contribution in [0.1, 0.15) is 16.8 Å². The summed E-state index contributed by atoms with van der Waals surface area (Å²) in [5.41, 5.74) is 9.72. The molecule has 28 heavy (non-hydrogen) atoms. The van der Waals surface area contributed by atoms with Crippen molar-refractivity contribution < 1.29 is 4.74 Å². The van der Waals surface area contributed by atoms with Crippen molar-refractivity contribution in [2.45, 2.75) is 12.2 Å². The maximum Gasteiger partial charge on any atom is 0.201 e. The lowest BCUT2D eigenvalue weighted by Crippen LogP contribution is -2.08. The van der Waals surface area contributed by atoms with Gasteiger partial charge in [-0.25, -0.2) is 4.98 Å². The van der Waals surface area contributed by atoms with E-state index < -0.39 is 0 Å². The molecule has 0 saturated heterocycles. The SMILES string of the molecule is COc1ccc(Cc2cnc(NCCSCc3ncccc3N)[nH]c2=S)cc1. The van der Waals surface area contributed by atoms with E-state index in [0.29, 0.717) is 10.6 Å². The third-order valence-electron chi connectivity index (χ3n) is 4.13. The summed E-state index contributed by atoms with van der Waals surface area (Å²) in [5.74, 6) is 3.22. The van der Waals surface area contributed by atoms with E-state index in [1.54, 1.807) is 25.1 Å². The average Bonchev–Trinajstić information content (AvgIpc) is 2.71. The molecule has 0 aliphatic heterocycles.